The standard InChI is InChI=1S/C9H9BrO4S/c1-14-9(11)7-5-6(10)3-4-8(7)15(2,12)13/h3-5H,1-2H3. The Kier molecular flexibility index (Phi) is 3.51. The maximum Gasteiger partial charge on any atom is 0.339 e. The summed E-state index contributed by atoms with van der Waals surface area (Å²) in [7, 11) is -2.22. The lowest BCUT2D eigenvalue weighted by Crippen LogP contribution is -2.09. The predicted molar refractivity (Wildman–Crippen MR) is 58.6 cm³/mol. The van der Waals surface area contributed by atoms with Gasteiger partial charge in [0.2, 0.25) is 0 Å². The van der Waals surface area contributed by atoms with Crippen molar-refractivity contribution in [3.63, 3.8) is 0 Å². The predicted octanol–water partition coefficient (Wildman–Crippen LogP) is 1.64. The number of ether oxygens (including phenoxy) is 1. The molecule has 0 aliphatic heterocycles. The molecule has 82 valence electrons. The zero-order valence-electron chi connectivity index (χ0n) is 8.15. The van der Waals surface area contributed by atoms with Gasteiger partial charge in [0.1, 0.15) is 0 Å². The highest BCUT2D eigenvalue weighted by Gasteiger charge is 2.19. The summed E-state index contributed by atoms with van der Waals surface area (Å²) in [6.07, 6.45) is 1.04. The first-order valence-corrected chi connectivity index (χ1v) is 6.62. The van der Waals surface area contributed by atoms with Gasteiger partial charge in [0, 0.05) is 10.7 Å². The second kappa shape index (κ2) is 4.32. The van der Waals surface area contributed by atoms with Crippen molar-refractivity contribution in [2.75, 3.05) is 13.4 Å². The van der Waals surface area contributed by atoms with Gasteiger partial charge in [-0.25, -0.2) is 13.2 Å². The summed E-state index contributed by atoms with van der Waals surface area (Å²) in [5, 5.41) is 0. The third kappa shape index (κ3) is 2.79. The van der Waals surface area contributed by atoms with Crippen molar-refractivity contribution in [2.45, 2.75) is 4.90 Å². The van der Waals surface area contributed by atoms with Crippen molar-refractivity contribution < 1.29 is 17.9 Å². The van der Waals surface area contributed by atoms with Crippen LogP contribution in [0.25, 0.3) is 0 Å². The lowest BCUT2D eigenvalue weighted by molar-refractivity contribution is 0.0596. The van der Waals surface area contributed by atoms with Crippen molar-refractivity contribution in [3.8, 4) is 0 Å². The maximum atomic E-state index is 11.4. The van der Waals surface area contributed by atoms with Crippen LogP contribution in [0.15, 0.2) is 27.6 Å². The number of carbonyl (C=O) groups excluding carboxylic acids is 1. The van der Waals surface area contributed by atoms with Crippen LogP contribution >= 0.6 is 15.9 Å². The van der Waals surface area contributed by atoms with Gasteiger partial charge in [0.05, 0.1) is 17.6 Å². The van der Waals surface area contributed by atoms with Crippen LogP contribution in [0.4, 0.5) is 0 Å². The summed E-state index contributed by atoms with van der Waals surface area (Å²) in [6, 6.07) is 4.34. The minimum absolute atomic E-state index is 0.0300. The summed E-state index contributed by atoms with van der Waals surface area (Å²) in [4.78, 5) is 11.3. The molecule has 4 nitrogen and oxygen atoms in total. The minimum Gasteiger partial charge on any atom is -0.465 e. The summed E-state index contributed by atoms with van der Waals surface area (Å²) >= 11 is 3.16. The van der Waals surface area contributed by atoms with E-state index in [1.807, 2.05) is 0 Å². The Bertz CT molecular complexity index is 493. The molecular formula is C9H9BrO4S. The molecule has 0 radical (unpaired) electrons. The molecule has 0 fully saturated rings. The molecule has 1 rings (SSSR count). The van der Waals surface area contributed by atoms with Crippen LogP contribution in [0.5, 0.6) is 0 Å². The quantitative estimate of drug-likeness (QED) is 0.778. The van der Waals surface area contributed by atoms with Gasteiger partial charge < -0.3 is 4.74 Å². The third-order valence-corrected chi connectivity index (χ3v) is 3.39. The van der Waals surface area contributed by atoms with Gasteiger partial charge in [-0.1, -0.05) is 15.9 Å². The van der Waals surface area contributed by atoms with Crippen LogP contribution in [-0.2, 0) is 14.6 Å². The first kappa shape index (κ1) is 12.2. The van der Waals surface area contributed by atoms with E-state index in [1.165, 1.54) is 19.2 Å². The Morgan fingerprint density at radius 1 is 1.40 bits per heavy atom. The molecule has 0 amide bonds. The number of rotatable bonds is 2. The van der Waals surface area contributed by atoms with Crippen molar-refractivity contribution in [1.82, 2.24) is 0 Å². The van der Waals surface area contributed by atoms with E-state index in [0.29, 0.717) is 4.47 Å². The van der Waals surface area contributed by atoms with Gasteiger partial charge >= 0.3 is 5.97 Å². The molecule has 0 bridgehead atoms. The number of sulfone groups is 1. The van der Waals surface area contributed by atoms with Gasteiger partial charge in [-0.05, 0) is 18.2 Å². The Hall–Kier alpha value is -0.880. The molecule has 0 spiro atoms. The smallest absolute Gasteiger partial charge is 0.339 e. The lowest BCUT2D eigenvalue weighted by Gasteiger charge is -2.06. The zero-order chi connectivity index (χ0) is 11.6. The van der Waals surface area contributed by atoms with Crippen LogP contribution in [0.2, 0.25) is 0 Å². The molecule has 6 heteroatoms. The van der Waals surface area contributed by atoms with E-state index >= 15 is 0 Å². The Labute approximate surface area is 96.3 Å². The van der Waals surface area contributed by atoms with Gasteiger partial charge in [-0.15, -0.1) is 0 Å². The molecule has 1 aromatic rings. The molecular weight excluding hydrogens is 284 g/mol. The van der Waals surface area contributed by atoms with Crippen LogP contribution in [-0.4, -0.2) is 27.8 Å². The number of methoxy groups -OCH3 is 1. The molecule has 0 saturated heterocycles. The largest absolute Gasteiger partial charge is 0.465 e. The Morgan fingerprint density at radius 3 is 2.47 bits per heavy atom. The Balaban J connectivity index is 3.47. The fourth-order valence-corrected chi connectivity index (χ4v) is 2.31. The topological polar surface area (TPSA) is 60.4 Å². The average molecular weight is 293 g/mol. The van der Waals surface area contributed by atoms with Crippen LogP contribution in [0.1, 0.15) is 10.4 Å². The molecule has 0 N–H and O–H groups in total. The van der Waals surface area contributed by atoms with Crippen molar-refractivity contribution in [3.05, 3.63) is 28.2 Å². The number of hydrogen-bond donors (Lipinski definition) is 0. The molecule has 0 unspecified atom stereocenters. The van der Waals surface area contributed by atoms with Gasteiger partial charge in [0.15, 0.2) is 9.84 Å². The van der Waals surface area contributed by atoms with Crippen molar-refractivity contribution >= 4 is 31.7 Å². The fraction of sp³-hybridized carbons (Fsp3) is 0.222. The zero-order valence-corrected chi connectivity index (χ0v) is 10.6. The van der Waals surface area contributed by atoms with E-state index in [1.54, 1.807) is 6.07 Å². The summed E-state index contributed by atoms with van der Waals surface area (Å²) in [5.41, 5.74) is 0.0365. The first-order chi connectivity index (χ1) is 6.86. The third-order valence-electron chi connectivity index (χ3n) is 1.75. The number of benzene rings is 1. The maximum absolute atomic E-state index is 11.4. The summed E-state index contributed by atoms with van der Waals surface area (Å²) in [5.74, 6) is -0.670. The van der Waals surface area contributed by atoms with E-state index in [-0.39, 0.29) is 10.5 Å². The number of esters is 1. The Morgan fingerprint density at radius 2 is 2.00 bits per heavy atom. The highest BCUT2D eigenvalue weighted by molar-refractivity contribution is 9.10. The lowest BCUT2D eigenvalue weighted by atomic mass is 10.2. The van der Waals surface area contributed by atoms with Crippen molar-refractivity contribution in [2.24, 2.45) is 0 Å². The van der Waals surface area contributed by atoms with Crippen molar-refractivity contribution in [1.29, 1.82) is 0 Å². The number of carbonyl (C=O) groups is 1. The SMILES string of the molecule is COC(=O)c1cc(Br)ccc1S(C)(=O)=O. The van der Waals surface area contributed by atoms with Gasteiger partial charge in [-0.3, -0.25) is 0 Å². The van der Waals surface area contributed by atoms with E-state index in [4.69, 9.17) is 0 Å². The van der Waals surface area contributed by atoms with Crippen LogP contribution in [0, 0.1) is 0 Å². The van der Waals surface area contributed by atoms with E-state index < -0.39 is 15.8 Å². The molecule has 0 heterocycles. The molecule has 1 aromatic carbocycles. The molecule has 0 aliphatic rings. The molecule has 0 saturated carbocycles. The van der Waals surface area contributed by atoms with Gasteiger partial charge in [-0.2, -0.15) is 0 Å². The molecule has 15 heavy (non-hydrogen) atoms. The summed E-state index contributed by atoms with van der Waals surface area (Å²) in [6.45, 7) is 0. The summed E-state index contributed by atoms with van der Waals surface area (Å²) < 4.78 is 27.8. The van der Waals surface area contributed by atoms with Gasteiger partial charge in [0.25, 0.3) is 0 Å². The van der Waals surface area contributed by atoms with E-state index in [0.717, 1.165) is 6.26 Å². The number of halogens is 1. The van der Waals surface area contributed by atoms with Crippen LogP contribution in [0.3, 0.4) is 0 Å². The highest BCUT2D eigenvalue weighted by atomic mass is 79.9. The fourth-order valence-electron chi connectivity index (χ4n) is 1.10. The van der Waals surface area contributed by atoms with E-state index in [9.17, 15) is 13.2 Å². The minimum atomic E-state index is -3.43. The molecule has 0 atom stereocenters. The second-order valence-corrected chi connectivity index (χ2v) is 5.80. The normalized spacial score (nSPS) is 11.1. The molecule has 0 aromatic heterocycles. The molecule has 0 aliphatic carbocycles. The highest BCUT2D eigenvalue weighted by Crippen LogP contribution is 2.21. The monoisotopic (exact) mass is 292 g/mol. The van der Waals surface area contributed by atoms with Crippen LogP contribution < -0.4 is 0 Å². The van der Waals surface area contributed by atoms with E-state index in [2.05, 4.69) is 20.7 Å². The average Bonchev–Trinajstić information content (AvgIpc) is 2.14. The number of hydrogen-bond acceptors (Lipinski definition) is 4. The second-order valence-electron chi connectivity index (χ2n) is 2.90. The first-order valence-electron chi connectivity index (χ1n) is 3.94.